The van der Waals surface area contributed by atoms with E-state index in [1.165, 1.54) is 66.8 Å². The van der Waals surface area contributed by atoms with E-state index < -0.39 is 11.2 Å². The number of halogens is 1. The number of nitrogens with one attached hydrogen (secondary N) is 1. The van der Waals surface area contributed by atoms with Gasteiger partial charge in [0, 0.05) is 55.7 Å². The molecule has 1 atom stereocenters. The number of amides is 1. The zero-order valence-corrected chi connectivity index (χ0v) is 46.0. The molecule has 0 heterocycles. The summed E-state index contributed by atoms with van der Waals surface area (Å²) in [5.41, 5.74) is 14.9. The van der Waals surface area contributed by atoms with Crippen LogP contribution >= 0.6 is 15.9 Å². The predicted molar refractivity (Wildman–Crippen MR) is 294 cm³/mol. The van der Waals surface area contributed by atoms with Crippen LogP contribution in [0.1, 0.15) is 134 Å². The van der Waals surface area contributed by atoms with Crippen molar-refractivity contribution in [3.05, 3.63) is 129 Å². The Morgan fingerprint density at radius 2 is 1.01 bits per heavy atom. The summed E-state index contributed by atoms with van der Waals surface area (Å²) < 4.78 is 34.8. The highest BCUT2D eigenvalue weighted by Gasteiger charge is 2.43. The lowest BCUT2D eigenvalue weighted by Crippen LogP contribution is -2.33. The molecular formula is C62H78BrNO8. The van der Waals surface area contributed by atoms with E-state index in [2.05, 4.69) is 125 Å². The molecule has 1 unspecified atom stereocenters. The van der Waals surface area contributed by atoms with Gasteiger partial charge in [-0.2, -0.15) is 0 Å². The Balaban J connectivity index is 1.20. The second-order valence-electron chi connectivity index (χ2n) is 21.8. The molecule has 2 aliphatic rings. The van der Waals surface area contributed by atoms with Gasteiger partial charge in [0.2, 0.25) is 0 Å². The summed E-state index contributed by atoms with van der Waals surface area (Å²) >= 11 is 3.85. The molecule has 0 spiro atoms. The number of methoxy groups -OCH3 is 2. The Morgan fingerprint density at radius 3 is 1.56 bits per heavy atom. The summed E-state index contributed by atoms with van der Waals surface area (Å²) in [6.07, 6.45) is 7.93. The Hall–Kier alpha value is -4.84. The van der Waals surface area contributed by atoms with Gasteiger partial charge in [-0.3, -0.25) is 4.79 Å². The van der Waals surface area contributed by atoms with E-state index in [0.717, 1.165) is 67.8 Å². The molecule has 0 saturated carbocycles. The van der Waals surface area contributed by atoms with Crippen LogP contribution in [0.2, 0.25) is 0 Å². The molecule has 7 rings (SSSR count). The molecule has 0 radical (unpaired) electrons. The molecule has 0 aromatic heterocycles. The van der Waals surface area contributed by atoms with Crippen molar-refractivity contribution in [2.24, 2.45) is 0 Å². The molecule has 0 saturated heterocycles. The molecule has 9 nitrogen and oxygen atoms in total. The summed E-state index contributed by atoms with van der Waals surface area (Å²) in [5.74, 6) is -0.153. The highest BCUT2D eigenvalue weighted by molar-refractivity contribution is 9.10. The molecule has 1 amide bonds. The van der Waals surface area contributed by atoms with Crippen molar-refractivity contribution >= 4 is 28.0 Å². The van der Waals surface area contributed by atoms with Crippen LogP contribution < -0.4 is 5.32 Å². The van der Waals surface area contributed by atoms with E-state index in [1.807, 2.05) is 41.5 Å². The number of ether oxygens (including phenoxy) is 6. The van der Waals surface area contributed by atoms with Crippen LogP contribution in [0.4, 0.5) is 4.79 Å². The molecule has 10 heteroatoms. The largest absolute Gasteiger partial charge is 0.460 e. The number of hydrogen-bond donors (Lipinski definition) is 1. The number of esters is 1. The molecule has 5 aromatic rings. The van der Waals surface area contributed by atoms with Gasteiger partial charge in [-0.1, -0.05) is 96.0 Å². The fraction of sp³-hybridized carbons (Fsp3) is 0.484. The molecule has 2 aliphatic carbocycles. The van der Waals surface area contributed by atoms with Crippen molar-refractivity contribution < 1.29 is 38.0 Å². The van der Waals surface area contributed by atoms with Crippen LogP contribution in [0, 0.1) is 0 Å². The maximum Gasteiger partial charge on any atom is 0.407 e. The lowest BCUT2D eigenvalue weighted by molar-refractivity contribution is -0.154. The third-order valence-corrected chi connectivity index (χ3v) is 14.6. The van der Waals surface area contributed by atoms with Crippen LogP contribution in [0.3, 0.4) is 0 Å². The van der Waals surface area contributed by atoms with Gasteiger partial charge >= 0.3 is 12.1 Å². The molecule has 386 valence electrons. The van der Waals surface area contributed by atoms with Crippen molar-refractivity contribution in [2.45, 2.75) is 135 Å². The maximum absolute atomic E-state index is 12.6. The average Bonchev–Trinajstić information content (AvgIpc) is 3.73. The number of carbonyl (C=O) groups is 2. The number of fused-ring (bicyclic) bond motifs is 6. The topological polar surface area (TPSA) is 102 Å². The first-order chi connectivity index (χ1) is 34.4. The number of carbonyl (C=O) groups excluding carboxylic acids is 2. The second kappa shape index (κ2) is 24.5. The van der Waals surface area contributed by atoms with Gasteiger partial charge in [0.1, 0.15) is 11.2 Å². The van der Waals surface area contributed by atoms with Crippen LogP contribution in [-0.4, -0.2) is 83.7 Å². The average molecular weight is 1050 g/mol. The van der Waals surface area contributed by atoms with Crippen molar-refractivity contribution in [3.8, 4) is 44.5 Å². The lowest BCUT2D eigenvalue weighted by Gasteiger charge is -2.33. The zero-order chi connectivity index (χ0) is 51.5. The molecular weight excluding hydrogens is 967 g/mol. The highest BCUT2D eigenvalue weighted by atomic mass is 79.9. The van der Waals surface area contributed by atoms with Gasteiger partial charge in [-0.15, -0.1) is 0 Å². The number of unbranched alkanes of at least 4 members (excludes halogenated alkanes) is 1. The quantitative estimate of drug-likeness (QED) is 0.0456. The van der Waals surface area contributed by atoms with Gasteiger partial charge in [0.05, 0.1) is 26.4 Å². The zero-order valence-electron chi connectivity index (χ0n) is 44.4. The standard InChI is InChI=1S/C62H78BrNO8/c1-59(2,3)71-57(65)16-12-15-43-17-19-44(20-18-43)45-21-25-49-50-26-22-46(40-54(50)61(7,53(49)39-45)29-10-11-32-64-58(66)72-60(4,5)6)47-23-27-51-52-28-24-48(63)42-56(52)62(55(51)41-47,30-13-33-69-37-35-67-8)31-14-34-70-38-36-68-9/h17-28,39-42H,10-16,29-38H2,1-9H3,(H,64,66). The molecule has 0 bridgehead atoms. The van der Waals surface area contributed by atoms with E-state index in [1.54, 1.807) is 14.2 Å². The van der Waals surface area contributed by atoms with Crippen LogP contribution in [-0.2, 0) is 50.5 Å². The Labute approximate surface area is 438 Å². The molecule has 0 fully saturated rings. The Kier molecular flexibility index (Phi) is 18.7. The normalized spacial score (nSPS) is 15.4. The highest BCUT2D eigenvalue weighted by Crippen LogP contribution is 2.57. The monoisotopic (exact) mass is 1040 g/mol. The van der Waals surface area contributed by atoms with E-state index in [0.29, 0.717) is 52.6 Å². The summed E-state index contributed by atoms with van der Waals surface area (Å²) in [5, 5.41) is 2.98. The van der Waals surface area contributed by atoms with Crippen molar-refractivity contribution in [1.82, 2.24) is 5.32 Å². The van der Waals surface area contributed by atoms with Gasteiger partial charge in [-0.05, 0) is 196 Å². The smallest absolute Gasteiger partial charge is 0.407 e. The third kappa shape index (κ3) is 13.7. The minimum Gasteiger partial charge on any atom is -0.460 e. The van der Waals surface area contributed by atoms with Crippen LogP contribution in [0.5, 0.6) is 0 Å². The van der Waals surface area contributed by atoms with E-state index in [-0.39, 0.29) is 22.9 Å². The second-order valence-corrected chi connectivity index (χ2v) is 22.7. The first kappa shape index (κ1) is 54.9. The molecule has 72 heavy (non-hydrogen) atoms. The number of alkyl carbamates (subject to hydrolysis) is 1. The van der Waals surface area contributed by atoms with E-state index in [9.17, 15) is 9.59 Å². The van der Waals surface area contributed by atoms with Gasteiger partial charge in [0.15, 0.2) is 0 Å². The Morgan fingerprint density at radius 1 is 0.528 bits per heavy atom. The summed E-state index contributed by atoms with van der Waals surface area (Å²) in [6.45, 7) is 18.0. The van der Waals surface area contributed by atoms with Crippen molar-refractivity contribution in [3.63, 3.8) is 0 Å². The minimum absolute atomic E-state index is 0.153. The third-order valence-electron chi connectivity index (χ3n) is 14.1. The van der Waals surface area contributed by atoms with Crippen molar-refractivity contribution in [2.75, 3.05) is 60.4 Å². The summed E-state index contributed by atoms with van der Waals surface area (Å²) in [7, 11) is 3.42. The van der Waals surface area contributed by atoms with Gasteiger partial charge in [-0.25, -0.2) is 4.79 Å². The van der Waals surface area contributed by atoms with Crippen LogP contribution in [0.15, 0.2) is 102 Å². The molecule has 5 aromatic carbocycles. The van der Waals surface area contributed by atoms with Crippen LogP contribution in [0.25, 0.3) is 44.5 Å². The number of benzene rings is 5. The van der Waals surface area contributed by atoms with Crippen molar-refractivity contribution in [1.29, 1.82) is 0 Å². The predicted octanol–water partition coefficient (Wildman–Crippen LogP) is 14.6. The fourth-order valence-electron chi connectivity index (χ4n) is 10.8. The fourth-order valence-corrected chi connectivity index (χ4v) is 11.2. The SMILES string of the molecule is COCCOCCCC1(CCCOCCOC)c2cc(Br)ccc2-c2ccc(-c3ccc4c(c3)C(C)(CCCCNC(=O)OC(C)(C)C)c3cc(-c5ccc(CCCC(=O)OC(C)(C)C)cc5)ccc3-4)cc21. The summed E-state index contributed by atoms with van der Waals surface area (Å²) in [6, 6.07) is 36.8. The number of rotatable bonds is 25. The molecule has 0 aliphatic heterocycles. The number of hydrogen-bond acceptors (Lipinski definition) is 8. The summed E-state index contributed by atoms with van der Waals surface area (Å²) in [4.78, 5) is 24.9. The maximum atomic E-state index is 12.6. The van der Waals surface area contributed by atoms with E-state index in [4.69, 9.17) is 28.4 Å². The number of aryl methyl sites for hydroxylation is 1. The minimum atomic E-state index is -0.550. The van der Waals surface area contributed by atoms with Gasteiger partial charge in [0.25, 0.3) is 0 Å². The Bertz CT molecular complexity index is 2610. The van der Waals surface area contributed by atoms with E-state index >= 15 is 0 Å². The lowest BCUT2D eigenvalue weighted by atomic mass is 9.71. The first-order valence-electron chi connectivity index (χ1n) is 26.1. The van der Waals surface area contributed by atoms with Gasteiger partial charge < -0.3 is 33.7 Å². The first-order valence-corrected chi connectivity index (χ1v) is 26.9. The molecule has 1 N–H and O–H groups in total.